The van der Waals surface area contributed by atoms with Crippen LogP contribution in [0.1, 0.15) is 180 Å². The third kappa shape index (κ3) is 12.9. The lowest BCUT2D eigenvalue weighted by molar-refractivity contribution is -0.157. The molecule has 10 atom stereocenters. The highest BCUT2D eigenvalue weighted by Crippen LogP contribution is 2.53. The van der Waals surface area contributed by atoms with Crippen LogP contribution in [0.4, 0.5) is 11.4 Å². The number of imidazole rings is 2. The van der Waals surface area contributed by atoms with Crippen molar-refractivity contribution in [2.75, 3.05) is 23.7 Å². The number of anilines is 2. The standard InChI is InChI=1S/C35H43N5O3.C34H41N5O4/c1-35(2,3)30(41)18-19-39-21-29(36-22-39)31-26-17-20-40(32(26)24-13-7-9-15-27(24)37-31)34(43)25-14-8-10-16-28(25)38-33(42)23-11-5-4-6-12-23;1-34(2,3)33(42)43-21-38-19-28(35-20-38)29-25-17-18-39(30(25)23-13-7-9-15-26(23)36-29)32(41)24-14-8-10-16-27(24)37-31(40)22-11-5-4-6-12-22/h4-7,9,11-13,15,21-22,25-26,28,31-32,37H,8,10,14,16-20H2,1-3H3,(H,38,42);4-7,9,11-13,15,19-20,24-25,27,29-30,36H,8,10,14,16-18,21H2,1-3H3,(H,37,40)/t25?,26-,28-,31-,32+;24?,25-,27+,29-,30+/m10/s1. The number of esters is 1. The molecule has 2 unspecified atom stereocenters. The summed E-state index contributed by atoms with van der Waals surface area (Å²) < 4.78 is 9.30. The fourth-order valence-corrected chi connectivity index (χ4v) is 14.1. The average molecular weight is 1170 g/mol. The Bertz CT molecular complexity index is 3180. The van der Waals surface area contributed by atoms with Crippen molar-refractivity contribution in [3.63, 3.8) is 0 Å². The van der Waals surface area contributed by atoms with Crippen LogP contribution in [0.15, 0.2) is 134 Å². The van der Waals surface area contributed by atoms with Gasteiger partial charge in [0.2, 0.25) is 11.8 Å². The Hall–Kier alpha value is -8.08. The van der Waals surface area contributed by atoms with Crippen LogP contribution in [-0.2, 0) is 37.2 Å². The van der Waals surface area contributed by atoms with Gasteiger partial charge >= 0.3 is 5.97 Å². The van der Waals surface area contributed by atoms with E-state index in [0.29, 0.717) is 37.2 Å². The number of fused-ring (bicyclic) bond motifs is 6. The van der Waals surface area contributed by atoms with Crippen molar-refractivity contribution in [3.05, 3.63) is 168 Å². The molecule has 0 spiro atoms. The molecule has 6 heterocycles. The molecule has 2 aliphatic carbocycles. The maximum Gasteiger partial charge on any atom is 0.312 e. The quantitative estimate of drug-likeness (QED) is 0.0802. The van der Waals surface area contributed by atoms with Gasteiger partial charge in [-0.2, -0.15) is 0 Å². The van der Waals surface area contributed by atoms with Gasteiger partial charge in [-0.15, -0.1) is 0 Å². The molecule has 2 aromatic heterocycles. The Morgan fingerprint density at radius 1 is 0.535 bits per heavy atom. The smallest absolute Gasteiger partial charge is 0.312 e. The maximum absolute atomic E-state index is 14.4. The number of ketones is 1. The molecule has 0 bridgehead atoms. The van der Waals surface area contributed by atoms with Crippen LogP contribution in [0.3, 0.4) is 0 Å². The van der Waals surface area contributed by atoms with Crippen molar-refractivity contribution in [1.29, 1.82) is 0 Å². The first kappa shape index (κ1) is 59.6. The predicted molar refractivity (Wildman–Crippen MR) is 329 cm³/mol. The highest BCUT2D eigenvalue weighted by molar-refractivity contribution is 5.95. The molecule has 4 fully saturated rings. The Balaban J connectivity index is 0.000000179. The maximum atomic E-state index is 14.4. The van der Waals surface area contributed by atoms with Crippen molar-refractivity contribution in [3.8, 4) is 0 Å². The zero-order chi connectivity index (χ0) is 60.3. The summed E-state index contributed by atoms with van der Waals surface area (Å²) in [5.41, 5.74) is 6.40. The molecular formula is C69H84N10O7. The highest BCUT2D eigenvalue weighted by atomic mass is 16.5. The molecule has 4 aromatic carbocycles. The van der Waals surface area contributed by atoms with Crippen LogP contribution < -0.4 is 21.3 Å². The van der Waals surface area contributed by atoms with E-state index in [9.17, 15) is 28.8 Å². The number of amides is 4. The monoisotopic (exact) mass is 1160 g/mol. The number of likely N-dealkylation sites (tertiary alicyclic amines) is 2. The van der Waals surface area contributed by atoms with E-state index in [1.54, 1.807) is 10.9 Å². The second-order valence-electron chi connectivity index (χ2n) is 26.5. The lowest BCUT2D eigenvalue weighted by atomic mass is 9.80. The number of nitrogens with one attached hydrogen (secondary N) is 4. The number of hydrogen-bond acceptors (Lipinski definition) is 11. The van der Waals surface area contributed by atoms with Crippen molar-refractivity contribution in [1.82, 2.24) is 39.5 Å². The number of carbonyl (C=O) groups excluding carboxylic acids is 6. The van der Waals surface area contributed by atoms with Gasteiger partial charge < -0.3 is 44.9 Å². The number of hydrogen-bond donors (Lipinski definition) is 4. The van der Waals surface area contributed by atoms with Crippen molar-refractivity contribution in [2.24, 2.45) is 34.5 Å². The average Bonchev–Trinajstić information content (AvgIpc) is 1.86. The first-order valence-electron chi connectivity index (χ1n) is 31.2. The number of Topliss-reactive ketones (excluding diaryl/α,β-unsaturated/α-hetero) is 1. The number of ether oxygens (including phenoxy) is 1. The molecule has 452 valence electrons. The number of benzene rings is 4. The Morgan fingerprint density at radius 3 is 1.43 bits per heavy atom. The minimum absolute atomic E-state index is 0.0443. The first-order chi connectivity index (χ1) is 41.4. The molecule has 4 N–H and O–H groups in total. The van der Waals surface area contributed by atoms with E-state index in [1.807, 2.05) is 144 Å². The number of nitrogens with zero attached hydrogens (tertiary/aromatic N) is 6. The minimum Gasteiger partial charge on any atom is -0.443 e. The number of carbonyl (C=O) groups is 6. The van der Waals surface area contributed by atoms with Crippen LogP contribution in [0, 0.1) is 34.5 Å². The molecular weight excluding hydrogens is 1080 g/mol. The van der Waals surface area contributed by atoms with E-state index in [2.05, 4.69) is 61.5 Å². The predicted octanol–water partition coefficient (Wildman–Crippen LogP) is 11.4. The van der Waals surface area contributed by atoms with E-state index in [1.165, 1.54) is 0 Å². The third-order valence-electron chi connectivity index (χ3n) is 18.7. The zero-order valence-corrected chi connectivity index (χ0v) is 50.6. The molecule has 4 aliphatic heterocycles. The Labute approximate surface area is 505 Å². The summed E-state index contributed by atoms with van der Waals surface area (Å²) in [6, 6.07) is 34.3. The first-order valence-corrected chi connectivity index (χ1v) is 31.2. The summed E-state index contributed by atoms with van der Waals surface area (Å²) in [6.07, 6.45) is 16.8. The number of aromatic nitrogens is 4. The molecule has 6 aliphatic rings. The normalized spacial score (nSPS) is 24.9. The Kier molecular flexibility index (Phi) is 17.7. The number of para-hydroxylation sites is 2. The lowest BCUT2D eigenvalue weighted by Crippen LogP contribution is -2.50. The van der Waals surface area contributed by atoms with Gasteiger partial charge in [0.1, 0.15) is 5.78 Å². The second-order valence-corrected chi connectivity index (χ2v) is 26.5. The van der Waals surface area contributed by atoms with E-state index >= 15 is 0 Å². The molecule has 2 saturated carbocycles. The van der Waals surface area contributed by atoms with Gasteiger partial charge in [-0.25, -0.2) is 9.97 Å². The highest BCUT2D eigenvalue weighted by Gasteiger charge is 2.51. The van der Waals surface area contributed by atoms with Crippen molar-refractivity contribution < 1.29 is 33.5 Å². The van der Waals surface area contributed by atoms with E-state index in [0.717, 1.165) is 98.1 Å². The van der Waals surface area contributed by atoms with Crippen LogP contribution in [0.5, 0.6) is 0 Å². The third-order valence-corrected chi connectivity index (χ3v) is 18.7. The molecule has 17 nitrogen and oxygen atoms in total. The van der Waals surface area contributed by atoms with Crippen LogP contribution >= 0.6 is 0 Å². The fourth-order valence-electron chi connectivity index (χ4n) is 14.1. The van der Waals surface area contributed by atoms with Crippen molar-refractivity contribution in [2.45, 2.75) is 162 Å². The molecule has 4 amide bonds. The molecule has 0 radical (unpaired) electrons. The van der Waals surface area contributed by atoms with Gasteiger partial charge in [-0.05, 0) is 107 Å². The van der Waals surface area contributed by atoms with Gasteiger partial charge in [0.05, 0.1) is 65.5 Å². The summed E-state index contributed by atoms with van der Waals surface area (Å²) >= 11 is 0. The SMILES string of the molecule is CC(C)(C)C(=O)CCn1cnc([C@@H]2Nc3ccccc3[C@H]3[C@@H]2CCN3C(=O)C2CCCC[C@H]2NC(=O)c2ccccc2)c1.CC(C)(C)C(=O)OCn1cnc([C@H]2Nc3ccccc3[C@@H]3[C@H]2CCN3C(=O)C2CCCC[C@H]2NC(=O)c2ccccc2)c1. The fraction of sp³-hybridized carbons (Fsp3) is 0.478. The van der Waals surface area contributed by atoms with E-state index in [4.69, 9.17) is 14.7 Å². The second kappa shape index (κ2) is 25.5. The van der Waals surface area contributed by atoms with Gasteiger partial charge in [0, 0.05) is 90.3 Å². The van der Waals surface area contributed by atoms with Crippen LogP contribution in [0.2, 0.25) is 0 Å². The summed E-state index contributed by atoms with van der Waals surface area (Å²) in [6.45, 7) is 13.4. The molecule has 86 heavy (non-hydrogen) atoms. The summed E-state index contributed by atoms with van der Waals surface area (Å²) in [4.78, 5) is 93.3. The Morgan fingerprint density at radius 2 is 0.965 bits per heavy atom. The van der Waals surface area contributed by atoms with E-state index < -0.39 is 5.41 Å². The molecule has 6 aromatic rings. The molecule has 2 saturated heterocycles. The van der Waals surface area contributed by atoms with E-state index in [-0.39, 0.29) is 107 Å². The topological polar surface area (TPSA) is 202 Å². The lowest BCUT2D eigenvalue weighted by Gasteiger charge is -2.41. The summed E-state index contributed by atoms with van der Waals surface area (Å²) in [5, 5.41) is 13.9. The molecule has 17 heteroatoms. The number of rotatable bonds is 13. The zero-order valence-electron chi connectivity index (χ0n) is 50.6. The summed E-state index contributed by atoms with van der Waals surface area (Å²) in [7, 11) is 0. The number of aryl methyl sites for hydroxylation is 1. The van der Waals surface area contributed by atoms with Crippen LogP contribution in [0.25, 0.3) is 0 Å². The molecule has 12 rings (SSSR count). The van der Waals surface area contributed by atoms with Gasteiger partial charge in [0.15, 0.2) is 6.73 Å². The summed E-state index contributed by atoms with van der Waals surface area (Å²) in [5.74, 6) is -0.195. The largest absolute Gasteiger partial charge is 0.443 e. The van der Waals surface area contributed by atoms with Gasteiger partial charge in [0.25, 0.3) is 11.8 Å². The van der Waals surface area contributed by atoms with Gasteiger partial charge in [-0.1, -0.05) is 119 Å². The van der Waals surface area contributed by atoms with Gasteiger partial charge in [-0.3, -0.25) is 28.8 Å². The van der Waals surface area contributed by atoms with Crippen LogP contribution in [-0.4, -0.2) is 89.5 Å². The van der Waals surface area contributed by atoms with Crippen molar-refractivity contribution >= 4 is 46.8 Å². The minimum atomic E-state index is -0.577.